The molecule has 0 aliphatic rings. The van der Waals surface area contributed by atoms with Crippen molar-refractivity contribution in [3.05, 3.63) is 53.5 Å². The summed E-state index contributed by atoms with van der Waals surface area (Å²) in [5.74, 6) is -0.178. The van der Waals surface area contributed by atoms with E-state index in [4.69, 9.17) is 4.42 Å². The molecule has 0 bridgehead atoms. The SMILES string of the molecule is Cc1nc(C(=O)N[C@H](C)c2ccc(F)cc2)co1. The van der Waals surface area contributed by atoms with E-state index in [0.29, 0.717) is 5.89 Å². The zero-order valence-electron chi connectivity index (χ0n) is 10.1. The minimum Gasteiger partial charge on any atom is -0.448 e. The van der Waals surface area contributed by atoms with Crippen molar-refractivity contribution < 1.29 is 13.6 Å². The van der Waals surface area contributed by atoms with Gasteiger partial charge >= 0.3 is 0 Å². The van der Waals surface area contributed by atoms with Crippen LogP contribution in [0.25, 0.3) is 0 Å². The molecule has 1 atom stereocenters. The standard InChI is InChI=1S/C13H13FN2O2/c1-8(10-3-5-11(14)6-4-10)15-13(17)12-7-18-9(2)16-12/h3-8H,1-2H3,(H,15,17)/t8-/m1/s1. The first kappa shape index (κ1) is 12.3. The molecule has 2 aromatic rings. The monoisotopic (exact) mass is 248 g/mol. The summed E-state index contributed by atoms with van der Waals surface area (Å²) in [5, 5.41) is 2.76. The normalized spacial score (nSPS) is 12.2. The first-order valence-electron chi connectivity index (χ1n) is 5.54. The molecule has 2 rings (SSSR count). The Morgan fingerprint density at radius 2 is 2.06 bits per heavy atom. The van der Waals surface area contributed by atoms with Crippen molar-refractivity contribution >= 4 is 5.91 Å². The van der Waals surface area contributed by atoms with Crippen LogP contribution in [0, 0.1) is 12.7 Å². The summed E-state index contributed by atoms with van der Waals surface area (Å²) < 4.78 is 17.7. The minimum atomic E-state index is -0.316. The lowest BCUT2D eigenvalue weighted by Gasteiger charge is -2.13. The van der Waals surface area contributed by atoms with E-state index in [1.807, 2.05) is 6.92 Å². The van der Waals surface area contributed by atoms with Gasteiger partial charge in [-0.3, -0.25) is 4.79 Å². The van der Waals surface area contributed by atoms with Crippen molar-refractivity contribution in [2.45, 2.75) is 19.9 Å². The number of benzene rings is 1. The summed E-state index contributed by atoms with van der Waals surface area (Å²) in [5.41, 5.74) is 1.06. The lowest BCUT2D eigenvalue weighted by molar-refractivity contribution is 0.0935. The molecule has 0 unspecified atom stereocenters. The van der Waals surface area contributed by atoms with Crippen molar-refractivity contribution in [1.29, 1.82) is 0 Å². The number of hydrogen-bond acceptors (Lipinski definition) is 3. The van der Waals surface area contributed by atoms with Crippen molar-refractivity contribution in [3.8, 4) is 0 Å². The van der Waals surface area contributed by atoms with Crippen LogP contribution in [-0.4, -0.2) is 10.9 Å². The number of oxazole rings is 1. The first-order valence-corrected chi connectivity index (χ1v) is 5.54. The van der Waals surface area contributed by atoms with Crippen LogP contribution in [0.15, 0.2) is 34.9 Å². The van der Waals surface area contributed by atoms with Crippen molar-refractivity contribution in [1.82, 2.24) is 10.3 Å². The van der Waals surface area contributed by atoms with Gasteiger partial charge in [0.1, 0.15) is 12.1 Å². The molecule has 1 aromatic heterocycles. The Morgan fingerprint density at radius 3 is 2.61 bits per heavy atom. The smallest absolute Gasteiger partial charge is 0.273 e. The van der Waals surface area contributed by atoms with Crippen molar-refractivity contribution in [3.63, 3.8) is 0 Å². The van der Waals surface area contributed by atoms with Gasteiger partial charge < -0.3 is 9.73 Å². The van der Waals surface area contributed by atoms with Gasteiger partial charge in [0.25, 0.3) is 5.91 Å². The van der Waals surface area contributed by atoms with E-state index in [9.17, 15) is 9.18 Å². The maximum absolute atomic E-state index is 12.8. The van der Waals surface area contributed by atoms with Gasteiger partial charge in [0.15, 0.2) is 11.6 Å². The minimum absolute atomic E-state index is 0.227. The summed E-state index contributed by atoms with van der Waals surface area (Å²) in [7, 11) is 0. The Morgan fingerprint density at radius 1 is 1.39 bits per heavy atom. The predicted molar refractivity (Wildman–Crippen MR) is 63.5 cm³/mol. The van der Waals surface area contributed by atoms with Crippen LogP contribution in [0.3, 0.4) is 0 Å². The second-order valence-corrected chi connectivity index (χ2v) is 4.00. The van der Waals surface area contributed by atoms with E-state index in [1.165, 1.54) is 18.4 Å². The molecule has 0 radical (unpaired) electrons. The molecule has 1 N–H and O–H groups in total. The van der Waals surface area contributed by atoms with Gasteiger partial charge in [-0.25, -0.2) is 9.37 Å². The third kappa shape index (κ3) is 2.74. The molecule has 0 fully saturated rings. The summed E-state index contributed by atoms with van der Waals surface area (Å²) in [6.07, 6.45) is 1.31. The number of nitrogens with zero attached hydrogens (tertiary/aromatic N) is 1. The van der Waals surface area contributed by atoms with E-state index < -0.39 is 0 Å². The third-order valence-corrected chi connectivity index (χ3v) is 2.57. The highest BCUT2D eigenvalue weighted by molar-refractivity contribution is 5.92. The van der Waals surface area contributed by atoms with E-state index in [0.717, 1.165) is 5.56 Å². The maximum atomic E-state index is 12.8. The number of hydrogen-bond donors (Lipinski definition) is 1. The number of nitrogens with one attached hydrogen (secondary N) is 1. The molecule has 4 nitrogen and oxygen atoms in total. The molecule has 1 heterocycles. The van der Waals surface area contributed by atoms with E-state index >= 15 is 0 Å². The summed E-state index contributed by atoms with van der Waals surface area (Å²) in [6.45, 7) is 3.48. The maximum Gasteiger partial charge on any atom is 0.273 e. The summed E-state index contributed by atoms with van der Waals surface area (Å²) in [6, 6.07) is 5.76. The number of carbonyl (C=O) groups is 1. The molecule has 0 spiro atoms. The molecular weight excluding hydrogens is 235 g/mol. The van der Waals surface area contributed by atoms with E-state index in [2.05, 4.69) is 10.3 Å². The number of halogens is 1. The van der Waals surface area contributed by atoms with Crippen LogP contribution in [0.4, 0.5) is 4.39 Å². The van der Waals surface area contributed by atoms with Gasteiger partial charge in [-0.2, -0.15) is 0 Å². The largest absolute Gasteiger partial charge is 0.448 e. The Kier molecular flexibility index (Phi) is 3.41. The van der Waals surface area contributed by atoms with Crippen LogP contribution in [0.5, 0.6) is 0 Å². The van der Waals surface area contributed by atoms with Gasteiger partial charge in [-0.05, 0) is 24.6 Å². The fourth-order valence-electron chi connectivity index (χ4n) is 1.57. The number of amides is 1. The van der Waals surface area contributed by atoms with Crippen LogP contribution in [-0.2, 0) is 0 Å². The zero-order valence-corrected chi connectivity index (χ0v) is 10.1. The molecule has 0 aliphatic carbocycles. The fourth-order valence-corrected chi connectivity index (χ4v) is 1.57. The highest BCUT2D eigenvalue weighted by atomic mass is 19.1. The Labute approximate surface area is 104 Å². The summed E-state index contributed by atoms with van der Waals surface area (Å²) in [4.78, 5) is 15.7. The van der Waals surface area contributed by atoms with Crippen LogP contribution in [0.2, 0.25) is 0 Å². The van der Waals surface area contributed by atoms with Gasteiger partial charge in [0, 0.05) is 6.92 Å². The van der Waals surface area contributed by atoms with Gasteiger partial charge in [-0.1, -0.05) is 12.1 Å². The molecular formula is C13H13FN2O2. The number of rotatable bonds is 3. The molecule has 1 amide bonds. The topological polar surface area (TPSA) is 55.1 Å². The van der Waals surface area contributed by atoms with Gasteiger partial charge in [0.05, 0.1) is 6.04 Å². The lowest BCUT2D eigenvalue weighted by Crippen LogP contribution is -2.26. The fraction of sp³-hybridized carbons (Fsp3) is 0.231. The lowest BCUT2D eigenvalue weighted by atomic mass is 10.1. The Balaban J connectivity index is 2.05. The predicted octanol–water partition coefficient (Wildman–Crippen LogP) is 2.61. The molecule has 5 heteroatoms. The van der Waals surface area contributed by atoms with Gasteiger partial charge in [-0.15, -0.1) is 0 Å². The van der Waals surface area contributed by atoms with Crippen LogP contribution < -0.4 is 5.32 Å². The molecule has 18 heavy (non-hydrogen) atoms. The molecule has 0 saturated carbocycles. The molecule has 0 aliphatic heterocycles. The highest BCUT2D eigenvalue weighted by Crippen LogP contribution is 2.13. The van der Waals surface area contributed by atoms with Crippen molar-refractivity contribution in [2.24, 2.45) is 0 Å². The summed E-state index contributed by atoms with van der Waals surface area (Å²) >= 11 is 0. The quantitative estimate of drug-likeness (QED) is 0.908. The highest BCUT2D eigenvalue weighted by Gasteiger charge is 2.14. The van der Waals surface area contributed by atoms with E-state index in [-0.39, 0.29) is 23.5 Å². The second kappa shape index (κ2) is 5.00. The Hall–Kier alpha value is -2.17. The Bertz CT molecular complexity index is 548. The van der Waals surface area contributed by atoms with Gasteiger partial charge in [0.2, 0.25) is 0 Å². The molecule has 94 valence electrons. The average molecular weight is 248 g/mol. The van der Waals surface area contributed by atoms with Crippen molar-refractivity contribution in [2.75, 3.05) is 0 Å². The third-order valence-electron chi connectivity index (χ3n) is 2.57. The molecule has 0 saturated heterocycles. The van der Waals surface area contributed by atoms with Crippen LogP contribution >= 0.6 is 0 Å². The first-order chi connectivity index (χ1) is 8.56. The number of carbonyl (C=O) groups excluding carboxylic acids is 1. The average Bonchev–Trinajstić information content (AvgIpc) is 2.76. The second-order valence-electron chi connectivity index (χ2n) is 4.00. The number of aryl methyl sites for hydroxylation is 1. The molecule has 1 aromatic carbocycles. The zero-order chi connectivity index (χ0) is 13.1. The number of aromatic nitrogens is 1. The van der Waals surface area contributed by atoms with Crippen LogP contribution in [0.1, 0.15) is 34.9 Å². The van der Waals surface area contributed by atoms with E-state index in [1.54, 1.807) is 19.1 Å².